The fourth-order valence-electron chi connectivity index (χ4n) is 1.82. The molecule has 0 fully saturated rings. The van der Waals surface area contributed by atoms with Crippen molar-refractivity contribution in [2.75, 3.05) is 13.7 Å². The summed E-state index contributed by atoms with van der Waals surface area (Å²) >= 11 is 1.70. The van der Waals surface area contributed by atoms with E-state index in [1.54, 1.807) is 18.4 Å². The van der Waals surface area contributed by atoms with Crippen LogP contribution < -0.4 is 5.32 Å². The van der Waals surface area contributed by atoms with Gasteiger partial charge in [-0.2, -0.15) is 0 Å². The van der Waals surface area contributed by atoms with Crippen LogP contribution in [0.25, 0.3) is 10.6 Å². The summed E-state index contributed by atoms with van der Waals surface area (Å²) in [5.74, 6) is 0. The van der Waals surface area contributed by atoms with Gasteiger partial charge in [-0.3, -0.25) is 0 Å². The van der Waals surface area contributed by atoms with Crippen molar-refractivity contribution in [1.29, 1.82) is 0 Å². The molecule has 0 bridgehead atoms. The number of rotatable bonds is 7. The molecule has 0 unspecified atom stereocenters. The lowest BCUT2D eigenvalue weighted by molar-refractivity contribution is 0.185. The zero-order valence-electron chi connectivity index (χ0n) is 11.5. The molecule has 0 saturated carbocycles. The fourth-order valence-corrected chi connectivity index (χ4v) is 2.65. The van der Waals surface area contributed by atoms with Crippen LogP contribution in [-0.4, -0.2) is 18.6 Å². The number of nitrogens with zero attached hydrogens (tertiary/aromatic N) is 1. The summed E-state index contributed by atoms with van der Waals surface area (Å²) < 4.78 is 5.11. The third-order valence-corrected chi connectivity index (χ3v) is 3.74. The molecule has 1 aromatic carbocycles. The summed E-state index contributed by atoms with van der Waals surface area (Å²) in [6.45, 7) is 4.72. The van der Waals surface area contributed by atoms with Gasteiger partial charge in [-0.05, 0) is 18.5 Å². The summed E-state index contributed by atoms with van der Waals surface area (Å²) in [6, 6.07) is 8.40. The average Bonchev–Trinajstić information content (AvgIpc) is 2.89. The second-order valence-electron chi connectivity index (χ2n) is 4.45. The van der Waals surface area contributed by atoms with Crippen LogP contribution in [0.3, 0.4) is 0 Å². The highest BCUT2D eigenvalue weighted by Gasteiger charge is 2.04. The van der Waals surface area contributed by atoms with E-state index in [4.69, 9.17) is 4.74 Å². The molecule has 4 heteroatoms. The molecule has 0 aliphatic heterocycles. The van der Waals surface area contributed by atoms with Gasteiger partial charge < -0.3 is 10.1 Å². The Morgan fingerprint density at radius 2 is 2.05 bits per heavy atom. The first kappa shape index (κ1) is 14.2. The van der Waals surface area contributed by atoms with Crippen molar-refractivity contribution in [3.8, 4) is 10.6 Å². The number of thiazole rings is 1. The average molecular weight is 276 g/mol. The van der Waals surface area contributed by atoms with Crippen LogP contribution in [-0.2, 0) is 17.9 Å². The van der Waals surface area contributed by atoms with Gasteiger partial charge in [0.05, 0.1) is 12.3 Å². The Bertz CT molecular complexity index is 493. The summed E-state index contributed by atoms with van der Waals surface area (Å²) in [6.07, 6.45) is 1.15. The zero-order valence-corrected chi connectivity index (χ0v) is 12.3. The van der Waals surface area contributed by atoms with Crippen molar-refractivity contribution in [2.45, 2.75) is 26.5 Å². The van der Waals surface area contributed by atoms with Gasteiger partial charge in [0.25, 0.3) is 0 Å². The standard InChI is InChI=1S/C15H20N2OS/c1-3-8-16-9-14-11-19-15(17-14)13-6-4-12(5-7-13)10-18-2/h4-7,11,16H,3,8-10H2,1-2H3. The van der Waals surface area contributed by atoms with E-state index in [1.165, 1.54) is 11.1 Å². The summed E-state index contributed by atoms with van der Waals surface area (Å²) in [5.41, 5.74) is 3.48. The summed E-state index contributed by atoms with van der Waals surface area (Å²) in [7, 11) is 1.71. The number of methoxy groups -OCH3 is 1. The maximum absolute atomic E-state index is 5.11. The van der Waals surface area contributed by atoms with Crippen molar-refractivity contribution >= 4 is 11.3 Å². The molecule has 3 nitrogen and oxygen atoms in total. The third kappa shape index (κ3) is 4.13. The Hall–Kier alpha value is -1.23. The molecule has 1 aromatic heterocycles. The van der Waals surface area contributed by atoms with Crippen molar-refractivity contribution in [1.82, 2.24) is 10.3 Å². The second kappa shape index (κ2) is 7.38. The lowest BCUT2D eigenvalue weighted by Gasteiger charge is -2.01. The monoisotopic (exact) mass is 276 g/mol. The number of hydrogen-bond donors (Lipinski definition) is 1. The van der Waals surface area contributed by atoms with Crippen molar-refractivity contribution in [3.05, 3.63) is 40.9 Å². The molecule has 1 heterocycles. The van der Waals surface area contributed by atoms with Gasteiger partial charge in [0.1, 0.15) is 5.01 Å². The zero-order chi connectivity index (χ0) is 13.5. The molecule has 0 spiro atoms. The topological polar surface area (TPSA) is 34.1 Å². The second-order valence-corrected chi connectivity index (χ2v) is 5.31. The molecule has 19 heavy (non-hydrogen) atoms. The van der Waals surface area contributed by atoms with Crippen LogP contribution in [0.15, 0.2) is 29.6 Å². The molecule has 0 aliphatic rings. The lowest BCUT2D eigenvalue weighted by atomic mass is 10.1. The van der Waals surface area contributed by atoms with E-state index in [9.17, 15) is 0 Å². The number of hydrogen-bond acceptors (Lipinski definition) is 4. The maximum atomic E-state index is 5.11. The minimum absolute atomic E-state index is 0.657. The van der Waals surface area contributed by atoms with Gasteiger partial charge in [0.2, 0.25) is 0 Å². The molecule has 0 atom stereocenters. The first-order valence-corrected chi connectivity index (χ1v) is 7.44. The maximum Gasteiger partial charge on any atom is 0.123 e. The Labute approximate surface area is 118 Å². The van der Waals surface area contributed by atoms with E-state index >= 15 is 0 Å². The van der Waals surface area contributed by atoms with Crippen LogP contribution in [0, 0.1) is 0 Å². The minimum atomic E-state index is 0.657. The Morgan fingerprint density at radius 1 is 1.26 bits per heavy atom. The third-order valence-electron chi connectivity index (χ3n) is 2.80. The van der Waals surface area contributed by atoms with Crippen LogP contribution in [0.4, 0.5) is 0 Å². The highest BCUT2D eigenvalue weighted by molar-refractivity contribution is 7.13. The van der Waals surface area contributed by atoms with E-state index in [2.05, 4.69) is 46.9 Å². The Morgan fingerprint density at radius 3 is 2.74 bits per heavy atom. The molecular weight excluding hydrogens is 256 g/mol. The fraction of sp³-hybridized carbons (Fsp3) is 0.400. The molecule has 0 saturated heterocycles. The summed E-state index contributed by atoms with van der Waals surface area (Å²) in [4.78, 5) is 4.65. The van der Waals surface area contributed by atoms with Gasteiger partial charge in [-0.1, -0.05) is 31.2 Å². The van der Waals surface area contributed by atoms with E-state index < -0.39 is 0 Å². The van der Waals surface area contributed by atoms with Crippen LogP contribution >= 0.6 is 11.3 Å². The van der Waals surface area contributed by atoms with Gasteiger partial charge in [0, 0.05) is 24.6 Å². The van der Waals surface area contributed by atoms with Gasteiger partial charge >= 0.3 is 0 Å². The molecule has 0 aliphatic carbocycles. The van der Waals surface area contributed by atoms with Crippen LogP contribution in [0.5, 0.6) is 0 Å². The first-order valence-electron chi connectivity index (χ1n) is 6.57. The molecule has 1 N–H and O–H groups in total. The number of benzene rings is 1. The van der Waals surface area contributed by atoms with Gasteiger partial charge in [-0.15, -0.1) is 11.3 Å². The van der Waals surface area contributed by atoms with E-state index in [1.807, 2.05) is 0 Å². The van der Waals surface area contributed by atoms with Crippen LogP contribution in [0.1, 0.15) is 24.6 Å². The quantitative estimate of drug-likeness (QED) is 0.786. The van der Waals surface area contributed by atoms with E-state index in [0.29, 0.717) is 6.61 Å². The molecule has 102 valence electrons. The molecule has 2 rings (SSSR count). The molecule has 0 radical (unpaired) electrons. The normalized spacial score (nSPS) is 10.8. The molecule has 0 amide bonds. The first-order chi connectivity index (χ1) is 9.33. The summed E-state index contributed by atoms with van der Waals surface area (Å²) in [5, 5.41) is 6.58. The van der Waals surface area contributed by atoms with Crippen molar-refractivity contribution < 1.29 is 4.74 Å². The van der Waals surface area contributed by atoms with Gasteiger partial charge in [-0.25, -0.2) is 4.98 Å². The SMILES string of the molecule is CCCNCc1csc(-c2ccc(COC)cc2)n1. The predicted molar refractivity (Wildman–Crippen MR) is 80.3 cm³/mol. The highest BCUT2D eigenvalue weighted by atomic mass is 32.1. The van der Waals surface area contributed by atoms with Crippen LogP contribution in [0.2, 0.25) is 0 Å². The predicted octanol–water partition coefficient (Wildman–Crippen LogP) is 3.46. The van der Waals surface area contributed by atoms with Crippen molar-refractivity contribution in [3.63, 3.8) is 0 Å². The minimum Gasteiger partial charge on any atom is -0.380 e. The number of aromatic nitrogens is 1. The Balaban J connectivity index is 2.01. The lowest BCUT2D eigenvalue weighted by Crippen LogP contribution is -2.13. The Kier molecular flexibility index (Phi) is 5.51. The van der Waals surface area contributed by atoms with Gasteiger partial charge in [0.15, 0.2) is 0 Å². The largest absolute Gasteiger partial charge is 0.380 e. The van der Waals surface area contributed by atoms with E-state index in [0.717, 1.165) is 30.2 Å². The number of nitrogens with one attached hydrogen (secondary N) is 1. The van der Waals surface area contributed by atoms with Crippen molar-refractivity contribution in [2.24, 2.45) is 0 Å². The molecule has 2 aromatic rings. The molecular formula is C15H20N2OS. The van der Waals surface area contributed by atoms with E-state index in [-0.39, 0.29) is 0 Å². The highest BCUT2D eigenvalue weighted by Crippen LogP contribution is 2.24. The number of ether oxygens (including phenoxy) is 1. The smallest absolute Gasteiger partial charge is 0.123 e.